The fraction of sp³-hybridized carbons (Fsp3) is 1.00. The SMILES string of the molecule is CCC(C)N(CCCN(CC(C)O)CC(C)O)C(C)CC. The fourth-order valence-electron chi connectivity index (χ4n) is 2.83. The van der Waals surface area contributed by atoms with Crippen LogP contribution in [0.4, 0.5) is 0 Å². The van der Waals surface area contributed by atoms with Gasteiger partial charge in [0.25, 0.3) is 0 Å². The highest BCUT2D eigenvalue weighted by molar-refractivity contribution is 4.73. The lowest BCUT2D eigenvalue weighted by Gasteiger charge is -2.34. The molecule has 128 valence electrons. The first-order valence-electron chi connectivity index (χ1n) is 8.65. The van der Waals surface area contributed by atoms with Crippen LogP contribution in [0.3, 0.4) is 0 Å². The van der Waals surface area contributed by atoms with Crippen LogP contribution in [0.25, 0.3) is 0 Å². The van der Waals surface area contributed by atoms with Crippen molar-refractivity contribution in [2.75, 3.05) is 26.2 Å². The maximum atomic E-state index is 9.56. The van der Waals surface area contributed by atoms with E-state index in [1.54, 1.807) is 13.8 Å². The van der Waals surface area contributed by atoms with E-state index in [1.165, 1.54) is 12.8 Å². The molecular formula is C17H38N2O2. The molecule has 0 aromatic carbocycles. The van der Waals surface area contributed by atoms with Gasteiger partial charge in [0, 0.05) is 25.2 Å². The lowest BCUT2D eigenvalue weighted by molar-refractivity contribution is 0.0758. The van der Waals surface area contributed by atoms with E-state index in [1.807, 2.05) is 0 Å². The maximum absolute atomic E-state index is 9.56. The summed E-state index contributed by atoms with van der Waals surface area (Å²) in [5.41, 5.74) is 0. The normalized spacial score (nSPS) is 18.0. The zero-order valence-electron chi connectivity index (χ0n) is 15.0. The Balaban J connectivity index is 4.35. The van der Waals surface area contributed by atoms with Crippen molar-refractivity contribution in [2.24, 2.45) is 0 Å². The molecule has 0 heterocycles. The summed E-state index contributed by atoms with van der Waals surface area (Å²) in [6.07, 6.45) is 2.74. The van der Waals surface area contributed by atoms with Crippen molar-refractivity contribution < 1.29 is 10.2 Å². The molecule has 0 amide bonds. The van der Waals surface area contributed by atoms with E-state index < -0.39 is 0 Å². The largest absolute Gasteiger partial charge is 0.392 e. The van der Waals surface area contributed by atoms with Crippen LogP contribution in [-0.2, 0) is 0 Å². The standard InChI is InChI=1S/C17H38N2O2/c1-7-14(3)19(15(4)8-2)11-9-10-18(12-16(5)20)13-17(6)21/h14-17,20-21H,7-13H2,1-6H3. The number of aliphatic hydroxyl groups excluding tert-OH is 2. The van der Waals surface area contributed by atoms with Gasteiger partial charge < -0.3 is 10.2 Å². The molecule has 0 rings (SSSR count). The molecule has 4 unspecified atom stereocenters. The van der Waals surface area contributed by atoms with Crippen molar-refractivity contribution in [3.63, 3.8) is 0 Å². The zero-order valence-corrected chi connectivity index (χ0v) is 15.0. The van der Waals surface area contributed by atoms with Gasteiger partial charge in [-0.05, 0) is 60.0 Å². The molecule has 0 radical (unpaired) electrons. The van der Waals surface area contributed by atoms with E-state index in [-0.39, 0.29) is 12.2 Å². The summed E-state index contributed by atoms with van der Waals surface area (Å²) in [6.45, 7) is 16.0. The molecule has 0 aromatic heterocycles. The summed E-state index contributed by atoms with van der Waals surface area (Å²) < 4.78 is 0. The van der Waals surface area contributed by atoms with Gasteiger partial charge in [0.1, 0.15) is 0 Å². The molecule has 0 saturated heterocycles. The summed E-state index contributed by atoms with van der Waals surface area (Å²) in [7, 11) is 0. The van der Waals surface area contributed by atoms with Crippen molar-refractivity contribution >= 4 is 0 Å². The van der Waals surface area contributed by atoms with E-state index in [9.17, 15) is 10.2 Å². The van der Waals surface area contributed by atoms with Gasteiger partial charge in [-0.2, -0.15) is 0 Å². The van der Waals surface area contributed by atoms with E-state index in [4.69, 9.17) is 0 Å². The Labute approximate surface area is 132 Å². The fourth-order valence-corrected chi connectivity index (χ4v) is 2.83. The van der Waals surface area contributed by atoms with Gasteiger partial charge in [-0.1, -0.05) is 13.8 Å². The number of nitrogens with zero attached hydrogens (tertiary/aromatic N) is 2. The molecule has 4 atom stereocenters. The monoisotopic (exact) mass is 302 g/mol. The number of hydrogen-bond acceptors (Lipinski definition) is 4. The first kappa shape index (κ1) is 20.8. The van der Waals surface area contributed by atoms with Crippen LogP contribution >= 0.6 is 0 Å². The van der Waals surface area contributed by atoms with Gasteiger partial charge in [0.2, 0.25) is 0 Å². The molecule has 0 bridgehead atoms. The van der Waals surface area contributed by atoms with Crippen molar-refractivity contribution in [1.29, 1.82) is 0 Å². The average molecular weight is 303 g/mol. The summed E-state index contributed by atoms with van der Waals surface area (Å²) >= 11 is 0. The molecule has 0 aliphatic rings. The van der Waals surface area contributed by atoms with Crippen molar-refractivity contribution in [3.8, 4) is 0 Å². The van der Waals surface area contributed by atoms with Gasteiger partial charge in [-0.3, -0.25) is 9.80 Å². The van der Waals surface area contributed by atoms with Crippen LogP contribution in [0, 0.1) is 0 Å². The van der Waals surface area contributed by atoms with E-state index in [2.05, 4.69) is 37.5 Å². The predicted molar refractivity (Wildman–Crippen MR) is 90.6 cm³/mol. The molecule has 0 saturated carbocycles. The second-order valence-corrected chi connectivity index (χ2v) is 6.56. The lowest BCUT2D eigenvalue weighted by Crippen LogP contribution is -2.42. The molecule has 0 aromatic rings. The minimum atomic E-state index is -0.344. The topological polar surface area (TPSA) is 46.9 Å². The van der Waals surface area contributed by atoms with Crippen molar-refractivity contribution in [2.45, 2.75) is 85.1 Å². The minimum Gasteiger partial charge on any atom is -0.392 e. The van der Waals surface area contributed by atoms with Gasteiger partial charge in [0.05, 0.1) is 12.2 Å². The zero-order chi connectivity index (χ0) is 16.4. The van der Waals surface area contributed by atoms with Gasteiger partial charge in [-0.15, -0.1) is 0 Å². The lowest BCUT2D eigenvalue weighted by atomic mass is 10.1. The Morgan fingerprint density at radius 1 is 0.762 bits per heavy atom. The number of rotatable bonds is 12. The molecule has 2 N–H and O–H groups in total. The highest BCUT2D eigenvalue weighted by Crippen LogP contribution is 2.12. The molecule has 0 aliphatic carbocycles. The third kappa shape index (κ3) is 9.46. The third-order valence-corrected chi connectivity index (χ3v) is 4.25. The second kappa shape index (κ2) is 11.4. The highest BCUT2D eigenvalue weighted by atomic mass is 16.3. The smallest absolute Gasteiger partial charge is 0.0639 e. The van der Waals surface area contributed by atoms with Crippen molar-refractivity contribution in [1.82, 2.24) is 9.80 Å². The van der Waals surface area contributed by atoms with Gasteiger partial charge in [-0.25, -0.2) is 0 Å². The molecule has 4 heteroatoms. The summed E-state index contributed by atoms with van der Waals surface area (Å²) in [6, 6.07) is 1.23. The third-order valence-electron chi connectivity index (χ3n) is 4.25. The summed E-state index contributed by atoms with van der Waals surface area (Å²) in [5.74, 6) is 0. The summed E-state index contributed by atoms with van der Waals surface area (Å²) in [4.78, 5) is 4.75. The second-order valence-electron chi connectivity index (χ2n) is 6.56. The first-order valence-corrected chi connectivity index (χ1v) is 8.65. The number of hydrogen-bond donors (Lipinski definition) is 2. The van der Waals surface area contributed by atoms with Gasteiger partial charge >= 0.3 is 0 Å². The molecule has 21 heavy (non-hydrogen) atoms. The van der Waals surface area contributed by atoms with Crippen LogP contribution in [0.1, 0.15) is 60.8 Å². The van der Waals surface area contributed by atoms with Crippen LogP contribution in [0.2, 0.25) is 0 Å². The molecule has 0 fully saturated rings. The van der Waals surface area contributed by atoms with Crippen LogP contribution in [0.5, 0.6) is 0 Å². The maximum Gasteiger partial charge on any atom is 0.0639 e. The Hall–Kier alpha value is -0.160. The molecular weight excluding hydrogens is 264 g/mol. The van der Waals surface area contributed by atoms with E-state index in [0.29, 0.717) is 25.2 Å². The first-order chi connectivity index (χ1) is 9.81. The van der Waals surface area contributed by atoms with Crippen LogP contribution < -0.4 is 0 Å². The van der Waals surface area contributed by atoms with Crippen LogP contribution in [-0.4, -0.2) is 70.5 Å². The molecule has 0 aliphatic heterocycles. The Morgan fingerprint density at radius 2 is 1.19 bits per heavy atom. The predicted octanol–water partition coefficient (Wildman–Crippen LogP) is 2.34. The molecule has 0 spiro atoms. The summed E-state index contributed by atoms with van der Waals surface area (Å²) in [5, 5.41) is 19.1. The highest BCUT2D eigenvalue weighted by Gasteiger charge is 2.18. The number of aliphatic hydroxyl groups is 2. The van der Waals surface area contributed by atoms with Gasteiger partial charge in [0.15, 0.2) is 0 Å². The van der Waals surface area contributed by atoms with E-state index in [0.717, 1.165) is 19.5 Å². The van der Waals surface area contributed by atoms with E-state index >= 15 is 0 Å². The molecule has 4 nitrogen and oxygen atoms in total. The Morgan fingerprint density at radius 3 is 1.52 bits per heavy atom. The average Bonchev–Trinajstić information content (AvgIpc) is 2.40. The Bertz CT molecular complexity index is 227. The quantitative estimate of drug-likeness (QED) is 0.581. The van der Waals surface area contributed by atoms with Crippen molar-refractivity contribution in [3.05, 3.63) is 0 Å². The minimum absolute atomic E-state index is 0.344. The Kier molecular flexibility index (Phi) is 11.3. The van der Waals surface area contributed by atoms with Crippen LogP contribution in [0.15, 0.2) is 0 Å².